The lowest BCUT2D eigenvalue weighted by atomic mass is 10.2. The van der Waals surface area contributed by atoms with Gasteiger partial charge in [-0.15, -0.1) is 11.3 Å². The van der Waals surface area contributed by atoms with Crippen LogP contribution >= 0.6 is 22.9 Å². The van der Waals surface area contributed by atoms with Crippen LogP contribution in [0.1, 0.15) is 35.3 Å². The Morgan fingerprint density at radius 2 is 1.79 bits per heavy atom. The third-order valence-corrected chi connectivity index (χ3v) is 5.87. The maximum Gasteiger partial charge on any atom is 0.265 e. The second-order valence-corrected chi connectivity index (χ2v) is 11.4. The van der Waals surface area contributed by atoms with Crippen molar-refractivity contribution in [2.24, 2.45) is 0 Å². The number of carbonyl (C=O) groups is 1. The molecule has 0 atom stereocenters. The summed E-state index contributed by atoms with van der Waals surface area (Å²) in [6.07, 6.45) is 4.09. The first-order chi connectivity index (χ1) is 15.3. The van der Waals surface area contributed by atoms with Gasteiger partial charge in [0.1, 0.15) is 5.60 Å². The van der Waals surface area contributed by atoms with Crippen molar-refractivity contribution in [1.29, 1.82) is 0 Å². The summed E-state index contributed by atoms with van der Waals surface area (Å²) >= 11 is 7.15. The molecule has 0 bridgehead atoms. The van der Waals surface area contributed by atoms with E-state index < -0.39 is 21.5 Å². The number of anilines is 2. The average molecular weight is 511 g/mol. The number of nitrogens with zero attached hydrogens (tertiary/aromatic N) is 2. The van der Waals surface area contributed by atoms with Gasteiger partial charge in [-0.2, -0.15) is 0 Å². The highest BCUT2D eigenvalue weighted by molar-refractivity contribution is 7.92. The Bertz CT molecular complexity index is 1270. The molecule has 0 saturated heterocycles. The Balaban J connectivity index is 1.83. The van der Waals surface area contributed by atoms with Gasteiger partial charge in [0.05, 0.1) is 35.8 Å². The van der Waals surface area contributed by atoms with Crippen LogP contribution in [0.15, 0.2) is 36.7 Å². The zero-order valence-corrected chi connectivity index (χ0v) is 20.7. The number of aliphatic hydroxyl groups is 1. The molecule has 0 aliphatic rings. The number of hydrogen-bond acceptors (Lipinski definition) is 8. The highest BCUT2D eigenvalue weighted by Gasteiger charge is 2.19. The largest absolute Gasteiger partial charge is 0.485 e. The van der Waals surface area contributed by atoms with Crippen LogP contribution in [0.4, 0.5) is 11.4 Å². The summed E-state index contributed by atoms with van der Waals surface area (Å²) in [7, 11) is -3.51. The van der Waals surface area contributed by atoms with E-state index in [9.17, 15) is 18.3 Å². The molecule has 3 aromatic rings. The van der Waals surface area contributed by atoms with Crippen LogP contribution in [0.2, 0.25) is 5.02 Å². The van der Waals surface area contributed by atoms with Crippen molar-refractivity contribution in [3.8, 4) is 17.1 Å². The summed E-state index contributed by atoms with van der Waals surface area (Å²) in [6.45, 7) is 5.44. The Hall–Kier alpha value is -2.73. The molecule has 3 rings (SSSR count). The molecule has 12 heteroatoms. The van der Waals surface area contributed by atoms with Gasteiger partial charge < -0.3 is 15.2 Å². The second kappa shape index (κ2) is 9.64. The number of nitrogens with one attached hydrogen (secondary N) is 2. The number of sulfonamides is 1. The molecule has 1 aromatic carbocycles. The van der Waals surface area contributed by atoms with Crippen LogP contribution in [0.25, 0.3) is 11.4 Å². The number of rotatable bonds is 7. The first-order valence-electron chi connectivity index (χ1n) is 9.68. The van der Waals surface area contributed by atoms with E-state index in [2.05, 4.69) is 20.0 Å². The number of aromatic nitrogens is 2. The van der Waals surface area contributed by atoms with Crippen LogP contribution < -0.4 is 14.8 Å². The van der Waals surface area contributed by atoms with Gasteiger partial charge in [0.2, 0.25) is 10.0 Å². The highest BCUT2D eigenvalue weighted by Crippen LogP contribution is 2.31. The molecule has 0 radical (unpaired) electrons. The van der Waals surface area contributed by atoms with E-state index in [1.165, 1.54) is 30.6 Å². The zero-order valence-electron chi connectivity index (χ0n) is 18.3. The predicted molar refractivity (Wildman–Crippen MR) is 130 cm³/mol. The molecule has 2 heterocycles. The van der Waals surface area contributed by atoms with Crippen molar-refractivity contribution >= 4 is 50.2 Å². The minimum atomic E-state index is -3.51. The van der Waals surface area contributed by atoms with Gasteiger partial charge in [0.25, 0.3) is 5.91 Å². The minimum Gasteiger partial charge on any atom is -0.485 e. The Labute approximate surface area is 200 Å². The molecule has 0 spiro atoms. The topological polar surface area (TPSA) is 131 Å². The van der Waals surface area contributed by atoms with Gasteiger partial charge >= 0.3 is 0 Å². The molecule has 0 aliphatic heterocycles. The lowest BCUT2D eigenvalue weighted by molar-refractivity contribution is 0.103. The quantitative estimate of drug-likeness (QED) is 0.435. The maximum atomic E-state index is 12.8. The first-order valence-corrected chi connectivity index (χ1v) is 12.8. The molecule has 9 nitrogen and oxygen atoms in total. The number of aliphatic hydroxyl groups excluding tert-OH is 1. The van der Waals surface area contributed by atoms with Crippen molar-refractivity contribution in [3.63, 3.8) is 0 Å². The van der Waals surface area contributed by atoms with E-state index in [1.807, 2.05) is 20.8 Å². The van der Waals surface area contributed by atoms with E-state index in [-0.39, 0.29) is 17.3 Å². The van der Waals surface area contributed by atoms with Gasteiger partial charge in [-0.1, -0.05) is 11.6 Å². The van der Waals surface area contributed by atoms with Gasteiger partial charge in [-0.25, -0.2) is 18.4 Å². The SMILES string of the molecule is CC(C)(C)Oc1cnc(-c2cc(C(=O)Nc3cc(Cl)cc(NS(C)(=O)=O)c3)sc2CO)nc1. The molecule has 0 unspecified atom stereocenters. The van der Waals surface area contributed by atoms with Crippen LogP contribution in [-0.2, 0) is 16.6 Å². The summed E-state index contributed by atoms with van der Waals surface area (Å²) < 4.78 is 31.0. The predicted octanol–water partition coefficient (Wildman–Crippen LogP) is 4.15. The van der Waals surface area contributed by atoms with E-state index in [4.69, 9.17) is 16.3 Å². The summed E-state index contributed by atoms with van der Waals surface area (Å²) in [5.41, 5.74) is 0.653. The Kier molecular flexibility index (Phi) is 7.27. The number of ether oxygens (including phenoxy) is 1. The van der Waals surface area contributed by atoms with Crippen molar-refractivity contribution in [3.05, 3.63) is 51.4 Å². The molecular formula is C21H23ClN4O5S2. The van der Waals surface area contributed by atoms with Crippen molar-refractivity contribution < 1.29 is 23.1 Å². The lowest BCUT2D eigenvalue weighted by Gasteiger charge is -2.20. The van der Waals surface area contributed by atoms with E-state index in [0.29, 0.717) is 32.6 Å². The van der Waals surface area contributed by atoms with E-state index in [0.717, 1.165) is 17.6 Å². The highest BCUT2D eigenvalue weighted by atomic mass is 35.5. The molecular weight excluding hydrogens is 488 g/mol. The standard InChI is InChI=1S/C21H23ClN4O5S2/c1-21(2,3)31-15-9-23-19(24-10-15)16-8-17(32-18(16)11-27)20(28)25-13-5-12(22)6-14(7-13)26-33(4,29)30/h5-10,26-27H,11H2,1-4H3,(H,25,28). The monoisotopic (exact) mass is 510 g/mol. The third kappa shape index (κ3) is 7.13. The number of amides is 1. The zero-order chi connectivity index (χ0) is 24.4. The molecule has 33 heavy (non-hydrogen) atoms. The van der Waals surface area contributed by atoms with Crippen molar-refractivity contribution in [2.45, 2.75) is 33.0 Å². The van der Waals surface area contributed by atoms with Gasteiger partial charge in [0, 0.05) is 21.2 Å². The summed E-state index contributed by atoms with van der Waals surface area (Å²) in [4.78, 5) is 22.3. The summed E-state index contributed by atoms with van der Waals surface area (Å²) in [6, 6.07) is 5.95. The number of benzene rings is 1. The Morgan fingerprint density at radius 3 is 2.36 bits per heavy atom. The maximum absolute atomic E-state index is 12.8. The summed E-state index contributed by atoms with van der Waals surface area (Å²) in [5.74, 6) is 0.392. The normalized spacial score (nSPS) is 11.8. The van der Waals surface area contributed by atoms with Crippen LogP contribution in [-0.4, -0.2) is 41.3 Å². The fourth-order valence-electron chi connectivity index (χ4n) is 2.84. The fraction of sp³-hybridized carbons (Fsp3) is 0.286. The average Bonchev–Trinajstić information content (AvgIpc) is 3.10. The second-order valence-electron chi connectivity index (χ2n) is 8.12. The number of carbonyl (C=O) groups excluding carboxylic acids is 1. The van der Waals surface area contributed by atoms with Crippen molar-refractivity contribution in [1.82, 2.24) is 9.97 Å². The van der Waals surface area contributed by atoms with Crippen LogP contribution in [0, 0.1) is 0 Å². The number of hydrogen-bond donors (Lipinski definition) is 3. The van der Waals surface area contributed by atoms with E-state index in [1.54, 1.807) is 6.07 Å². The molecule has 3 N–H and O–H groups in total. The van der Waals surface area contributed by atoms with Crippen molar-refractivity contribution in [2.75, 3.05) is 16.3 Å². The third-order valence-electron chi connectivity index (χ3n) is 3.93. The van der Waals surface area contributed by atoms with Crippen LogP contribution in [0.5, 0.6) is 5.75 Å². The smallest absolute Gasteiger partial charge is 0.265 e. The fourth-order valence-corrected chi connectivity index (χ4v) is 4.53. The minimum absolute atomic E-state index is 0.217. The van der Waals surface area contributed by atoms with Gasteiger partial charge in [0.15, 0.2) is 11.6 Å². The van der Waals surface area contributed by atoms with Gasteiger partial charge in [-0.05, 0) is 45.0 Å². The Morgan fingerprint density at radius 1 is 1.15 bits per heavy atom. The molecule has 0 saturated carbocycles. The number of halogens is 1. The molecule has 176 valence electrons. The molecule has 2 aromatic heterocycles. The molecule has 1 amide bonds. The molecule has 0 fully saturated rings. The van der Waals surface area contributed by atoms with Gasteiger partial charge in [-0.3, -0.25) is 9.52 Å². The summed E-state index contributed by atoms with van der Waals surface area (Å²) in [5, 5.41) is 12.7. The van der Waals surface area contributed by atoms with Crippen LogP contribution in [0.3, 0.4) is 0 Å². The lowest BCUT2D eigenvalue weighted by Crippen LogP contribution is -2.23. The number of thiophene rings is 1. The van der Waals surface area contributed by atoms with E-state index >= 15 is 0 Å². The molecule has 0 aliphatic carbocycles. The first kappa shape index (κ1) is 24.9.